The summed E-state index contributed by atoms with van der Waals surface area (Å²) in [5, 5.41) is 5.09. The fourth-order valence-electron chi connectivity index (χ4n) is 2.91. The van der Waals surface area contributed by atoms with Gasteiger partial charge in [0.2, 0.25) is 0 Å². The van der Waals surface area contributed by atoms with Crippen LogP contribution in [0.25, 0.3) is 0 Å². The molecule has 5 nitrogen and oxygen atoms in total. The molecule has 1 aromatic heterocycles. The molecule has 2 aromatic carbocycles. The zero-order chi connectivity index (χ0) is 20.5. The summed E-state index contributed by atoms with van der Waals surface area (Å²) in [6.45, 7) is 1.29. The lowest BCUT2D eigenvalue weighted by Gasteiger charge is -2.23. The molecule has 0 saturated carbocycles. The van der Waals surface area contributed by atoms with Gasteiger partial charge in [-0.05, 0) is 49.8 Å². The first-order valence-corrected chi connectivity index (χ1v) is 10.4. The molecule has 0 fully saturated rings. The third-order valence-corrected chi connectivity index (χ3v) is 5.41. The lowest BCUT2D eigenvalue weighted by Crippen LogP contribution is -2.34. The molecule has 0 aliphatic rings. The molecule has 0 bridgehead atoms. The van der Waals surface area contributed by atoms with Gasteiger partial charge < -0.3 is 19.7 Å². The Bertz CT molecular complexity index is 882. The Labute approximate surface area is 175 Å². The number of rotatable bonds is 10. The standard InChI is InChI=1S/C23H26N2O3S/c1-25(2)20(22-13-8-16-29-22)17-24-23(26)19-11-6-7-12-21(19)28-15-14-27-18-9-4-3-5-10-18/h3-13,16,20H,14-15,17H2,1-2H3,(H,24,26). The minimum absolute atomic E-state index is 0.131. The van der Waals surface area contributed by atoms with Crippen LogP contribution in [0, 0.1) is 0 Å². The Kier molecular flexibility index (Phi) is 7.67. The van der Waals surface area contributed by atoms with Crippen molar-refractivity contribution in [2.75, 3.05) is 33.9 Å². The first-order chi connectivity index (χ1) is 14.1. The quantitative estimate of drug-likeness (QED) is 0.508. The number of carbonyl (C=O) groups excluding carboxylic acids is 1. The van der Waals surface area contributed by atoms with E-state index < -0.39 is 0 Å². The van der Waals surface area contributed by atoms with Crippen LogP contribution in [0.2, 0.25) is 0 Å². The molecule has 0 saturated heterocycles. The highest BCUT2D eigenvalue weighted by Crippen LogP contribution is 2.23. The van der Waals surface area contributed by atoms with Gasteiger partial charge in [0.25, 0.3) is 5.91 Å². The van der Waals surface area contributed by atoms with Gasteiger partial charge in [-0.25, -0.2) is 0 Å². The zero-order valence-electron chi connectivity index (χ0n) is 16.7. The molecule has 1 N–H and O–H groups in total. The molecule has 29 heavy (non-hydrogen) atoms. The normalized spacial score (nSPS) is 11.8. The summed E-state index contributed by atoms with van der Waals surface area (Å²) in [7, 11) is 4.03. The highest BCUT2D eigenvalue weighted by atomic mass is 32.1. The Balaban J connectivity index is 1.55. The first kappa shape index (κ1) is 20.9. The van der Waals surface area contributed by atoms with Crippen LogP contribution in [0.1, 0.15) is 21.3 Å². The van der Waals surface area contributed by atoms with Crippen LogP contribution in [0.3, 0.4) is 0 Å². The second kappa shape index (κ2) is 10.6. The smallest absolute Gasteiger partial charge is 0.255 e. The predicted molar refractivity (Wildman–Crippen MR) is 117 cm³/mol. The van der Waals surface area contributed by atoms with Gasteiger partial charge in [0.15, 0.2) is 0 Å². The van der Waals surface area contributed by atoms with E-state index in [1.165, 1.54) is 4.88 Å². The van der Waals surface area contributed by atoms with E-state index in [-0.39, 0.29) is 11.9 Å². The van der Waals surface area contributed by atoms with E-state index in [0.717, 1.165) is 5.75 Å². The number of hydrogen-bond donors (Lipinski definition) is 1. The third kappa shape index (κ3) is 6.07. The van der Waals surface area contributed by atoms with Crippen LogP contribution in [0.15, 0.2) is 72.1 Å². The SMILES string of the molecule is CN(C)C(CNC(=O)c1ccccc1OCCOc1ccccc1)c1cccs1. The van der Waals surface area contributed by atoms with E-state index in [2.05, 4.69) is 16.3 Å². The maximum atomic E-state index is 12.8. The van der Waals surface area contributed by atoms with Gasteiger partial charge in [-0.2, -0.15) is 0 Å². The van der Waals surface area contributed by atoms with Crippen LogP contribution in [-0.4, -0.2) is 44.7 Å². The summed E-state index contributed by atoms with van der Waals surface area (Å²) in [5.41, 5.74) is 0.524. The molecule has 1 unspecified atom stereocenters. The van der Waals surface area contributed by atoms with E-state index in [1.54, 1.807) is 23.5 Å². The second-order valence-electron chi connectivity index (χ2n) is 6.71. The van der Waals surface area contributed by atoms with Gasteiger partial charge >= 0.3 is 0 Å². The topological polar surface area (TPSA) is 50.8 Å². The minimum atomic E-state index is -0.145. The van der Waals surface area contributed by atoms with Gasteiger partial charge in [0, 0.05) is 11.4 Å². The summed E-state index contributed by atoms with van der Waals surface area (Å²) >= 11 is 1.69. The van der Waals surface area contributed by atoms with Gasteiger partial charge in [0.05, 0.1) is 11.6 Å². The minimum Gasteiger partial charge on any atom is -0.490 e. The Morgan fingerprint density at radius 3 is 2.41 bits per heavy atom. The van der Waals surface area contributed by atoms with E-state index in [9.17, 15) is 4.79 Å². The highest BCUT2D eigenvalue weighted by Gasteiger charge is 2.18. The van der Waals surface area contributed by atoms with Crippen molar-refractivity contribution in [2.45, 2.75) is 6.04 Å². The number of hydrogen-bond acceptors (Lipinski definition) is 5. The van der Waals surface area contributed by atoms with Gasteiger partial charge in [-0.3, -0.25) is 4.79 Å². The lowest BCUT2D eigenvalue weighted by atomic mass is 10.1. The number of nitrogens with one attached hydrogen (secondary N) is 1. The second-order valence-corrected chi connectivity index (χ2v) is 7.69. The number of nitrogens with zero attached hydrogens (tertiary/aromatic N) is 1. The maximum Gasteiger partial charge on any atom is 0.255 e. The molecule has 0 spiro atoms. The Morgan fingerprint density at radius 2 is 1.69 bits per heavy atom. The number of para-hydroxylation sites is 2. The molecule has 0 aliphatic carbocycles. The van der Waals surface area contributed by atoms with E-state index in [1.807, 2.05) is 68.0 Å². The van der Waals surface area contributed by atoms with Crippen molar-refractivity contribution in [2.24, 2.45) is 0 Å². The largest absolute Gasteiger partial charge is 0.490 e. The summed E-state index contributed by atoms with van der Waals surface area (Å²) < 4.78 is 11.5. The molecule has 1 heterocycles. The fourth-order valence-corrected chi connectivity index (χ4v) is 3.83. The number of amides is 1. The van der Waals surface area contributed by atoms with Crippen molar-refractivity contribution in [1.29, 1.82) is 0 Å². The summed E-state index contributed by atoms with van der Waals surface area (Å²) in [6, 6.07) is 21.1. The summed E-state index contributed by atoms with van der Waals surface area (Å²) in [4.78, 5) is 16.1. The maximum absolute atomic E-state index is 12.8. The molecular formula is C23H26N2O3S. The molecule has 0 aliphatic heterocycles. The van der Waals surface area contributed by atoms with Crippen LogP contribution in [0.5, 0.6) is 11.5 Å². The van der Waals surface area contributed by atoms with Gasteiger partial charge in [-0.15, -0.1) is 11.3 Å². The molecule has 3 rings (SSSR count). The van der Waals surface area contributed by atoms with Crippen molar-refractivity contribution in [3.63, 3.8) is 0 Å². The lowest BCUT2D eigenvalue weighted by molar-refractivity contribution is 0.0937. The molecule has 0 radical (unpaired) electrons. The van der Waals surface area contributed by atoms with E-state index >= 15 is 0 Å². The molecular weight excluding hydrogens is 384 g/mol. The number of benzene rings is 2. The van der Waals surface area contributed by atoms with Crippen LogP contribution >= 0.6 is 11.3 Å². The van der Waals surface area contributed by atoms with Crippen molar-refractivity contribution >= 4 is 17.2 Å². The molecule has 1 atom stereocenters. The van der Waals surface area contributed by atoms with Crippen LogP contribution < -0.4 is 14.8 Å². The Hall–Kier alpha value is -2.83. The highest BCUT2D eigenvalue weighted by molar-refractivity contribution is 7.10. The van der Waals surface area contributed by atoms with E-state index in [4.69, 9.17) is 9.47 Å². The monoisotopic (exact) mass is 410 g/mol. The molecule has 152 valence electrons. The van der Waals surface area contributed by atoms with Gasteiger partial charge in [0.1, 0.15) is 24.7 Å². The van der Waals surface area contributed by atoms with Gasteiger partial charge in [-0.1, -0.05) is 36.4 Å². The van der Waals surface area contributed by atoms with Crippen molar-refractivity contribution in [3.8, 4) is 11.5 Å². The average Bonchev–Trinajstić information content (AvgIpc) is 3.26. The molecule has 3 aromatic rings. The summed E-state index contributed by atoms with van der Waals surface area (Å²) in [5.74, 6) is 1.21. The number of likely N-dealkylation sites (N-methyl/N-ethyl adjacent to an activating group) is 1. The zero-order valence-corrected chi connectivity index (χ0v) is 17.5. The molecule has 1 amide bonds. The summed E-state index contributed by atoms with van der Waals surface area (Å²) in [6.07, 6.45) is 0. The van der Waals surface area contributed by atoms with Crippen molar-refractivity contribution in [1.82, 2.24) is 10.2 Å². The average molecular weight is 411 g/mol. The number of ether oxygens (including phenoxy) is 2. The van der Waals surface area contributed by atoms with Crippen LogP contribution in [-0.2, 0) is 0 Å². The fraction of sp³-hybridized carbons (Fsp3) is 0.261. The Morgan fingerprint density at radius 1 is 0.966 bits per heavy atom. The third-order valence-electron chi connectivity index (χ3n) is 4.44. The predicted octanol–water partition coefficient (Wildman–Crippen LogP) is 4.24. The first-order valence-electron chi connectivity index (χ1n) is 9.53. The van der Waals surface area contributed by atoms with Crippen molar-refractivity contribution < 1.29 is 14.3 Å². The molecule has 6 heteroatoms. The number of carbonyl (C=O) groups is 1. The van der Waals surface area contributed by atoms with Crippen molar-refractivity contribution in [3.05, 3.63) is 82.6 Å². The number of thiophene rings is 1. The van der Waals surface area contributed by atoms with Crippen LogP contribution in [0.4, 0.5) is 0 Å². The van der Waals surface area contributed by atoms with E-state index in [0.29, 0.717) is 31.1 Å².